The molecule has 3 heteroatoms. The number of rotatable bonds is 3. The molecule has 0 spiro atoms. The van der Waals surface area contributed by atoms with E-state index in [0.29, 0.717) is 0 Å². The number of benzene rings is 5. The molecule has 0 atom stereocenters. The lowest BCUT2D eigenvalue weighted by atomic mass is 9.95. The van der Waals surface area contributed by atoms with Crippen LogP contribution in [0.4, 0.5) is 17.1 Å². The highest BCUT2D eigenvalue weighted by molar-refractivity contribution is 5.86. The fourth-order valence-corrected chi connectivity index (χ4v) is 5.19. The maximum absolute atomic E-state index is 5.02. The van der Waals surface area contributed by atoms with E-state index in [4.69, 9.17) is 4.98 Å². The van der Waals surface area contributed by atoms with Crippen LogP contribution in [0.2, 0.25) is 0 Å². The highest BCUT2D eigenvalue weighted by atomic mass is 15.2. The van der Waals surface area contributed by atoms with Gasteiger partial charge < -0.3 is 4.90 Å². The summed E-state index contributed by atoms with van der Waals surface area (Å²) in [6, 6.07) is 45.0. The number of anilines is 3. The van der Waals surface area contributed by atoms with Crippen LogP contribution >= 0.6 is 0 Å². The van der Waals surface area contributed by atoms with Gasteiger partial charge in [0, 0.05) is 34.7 Å². The molecule has 2 heterocycles. The standard InChI is InChI=1S/C32H23N3/c1-2-12-26(13-3-1)35-31-17-9-6-14-28(31)33-32(35)23-18-20-27(21-19-23)34-29-15-7-4-10-24(29)22-25-11-5-8-16-30(25)34/h1-21H,22H2. The van der Waals surface area contributed by atoms with Crippen molar-refractivity contribution < 1.29 is 0 Å². The van der Waals surface area contributed by atoms with Gasteiger partial charge in [-0.05, 0) is 71.8 Å². The third-order valence-electron chi connectivity index (χ3n) is 6.80. The van der Waals surface area contributed by atoms with Gasteiger partial charge in [-0.3, -0.25) is 4.57 Å². The fraction of sp³-hybridized carbons (Fsp3) is 0.0312. The summed E-state index contributed by atoms with van der Waals surface area (Å²) in [6.45, 7) is 0. The van der Waals surface area contributed by atoms with E-state index in [9.17, 15) is 0 Å². The average Bonchev–Trinajstić information content (AvgIpc) is 3.32. The molecule has 0 saturated heterocycles. The van der Waals surface area contributed by atoms with E-state index in [1.807, 2.05) is 12.1 Å². The summed E-state index contributed by atoms with van der Waals surface area (Å²) >= 11 is 0. The van der Waals surface area contributed by atoms with E-state index in [0.717, 1.165) is 40.2 Å². The second-order valence-corrected chi connectivity index (χ2v) is 8.91. The van der Waals surface area contributed by atoms with Crippen molar-refractivity contribution in [3.8, 4) is 17.1 Å². The van der Waals surface area contributed by atoms with E-state index in [2.05, 4.69) is 125 Å². The first kappa shape index (κ1) is 19.8. The van der Waals surface area contributed by atoms with E-state index >= 15 is 0 Å². The van der Waals surface area contributed by atoms with E-state index in [1.165, 1.54) is 22.5 Å². The number of hydrogen-bond acceptors (Lipinski definition) is 2. The van der Waals surface area contributed by atoms with Crippen LogP contribution < -0.4 is 4.90 Å². The minimum absolute atomic E-state index is 0.948. The van der Waals surface area contributed by atoms with Crippen LogP contribution in [-0.4, -0.2) is 9.55 Å². The summed E-state index contributed by atoms with van der Waals surface area (Å²) < 4.78 is 2.25. The first-order valence-corrected chi connectivity index (χ1v) is 12.0. The lowest BCUT2D eigenvalue weighted by molar-refractivity contribution is 1.08. The van der Waals surface area contributed by atoms with Gasteiger partial charge in [0.25, 0.3) is 0 Å². The number of hydrogen-bond donors (Lipinski definition) is 0. The SMILES string of the molecule is c1ccc(-n2c(-c3ccc(N4c5ccccc5Cc5ccccc54)cc3)nc3ccccc32)cc1. The van der Waals surface area contributed by atoms with Crippen molar-refractivity contribution in [2.24, 2.45) is 0 Å². The summed E-state index contributed by atoms with van der Waals surface area (Å²) in [6.07, 6.45) is 0.960. The van der Waals surface area contributed by atoms with E-state index in [-0.39, 0.29) is 0 Å². The molecule has 7 rings (SSSR count). The lowest BCUT2D eigenvalue weighted by Gasteiger charge is -2.33. The molecule has 0 unspecified atom stereocenters. The van der Waals surface area contributed by atoms with Crippen LogP contribution in [-0.2, 0) is 6.42 Å². The Morgan fingerprint density at radius 2 is 1.11 bits per heavy atom. The Morgan fingerprint density at radius 3 is 1.83 bits per heavy atom. The minimum atomic E-state index is 0.948. The molecule has 0 bridgehead atoms. The first-order valence-electron chi connectivity index (χ1n) is 12.0. The van der Waals surface area contributed by atoms with Crippen LogP contribution in [0.25, 0.3) is 28.1 Å². The van der Waals surface area contributed by atoms with Crippen LogP contribution in [0, 0.1) is 0 Å². The summed E-state index contributed by atoms with van der Waals surface area (Å²) in [5.74, 6) is 0.948. The zero-order valence-electron chi connectivity index (χ0n) is 19.2. The number of imidazole rings is 1. The summed E-state index contributed by atoms with van der Waals surface area (Å²) in [4.78, 5) is 7.40. The molecule has 166 valence electrons. The van der Waals surface area contributed by atoms with E-state index in [1.54, 1.807) is 0 Å². The molecular formula is C32H23N3. The highest BCUT2D eigenvalue weighted by Crippen LogP contribution is 2.44. The second kappa shape index (κ2) is 8.00. The number of aromatic nitrogens is 2. The molecule has 6 aromatic rings. The predicted molar refractivity (Wildman–Crippen MR) is 144 cm³/mol. The van der Waals surface area contributed by atoms with E-state index < -0.39 is 0 Å². The zero-order valence-corrected chi connectivity index (χ0v) is 19.2. The Balaban J connectivity index is 1.37. The Morgan fingerprint density at radius 1 is 0.514 bits per heavy atom. The molecule has 0 aliphatic carbocycles. The summed E-state index contributed by atoms with van der Waals surface area (Å²) in [7, 11) is 0. The van der Waals surface area contributed by atoms with Gasteiger partial charge in [0.15, 0.2) is 0 Å². The quantitative estimate of drug-likeness (QED) is 0.272. The van der Waals surface area contributed by atoms with Crippen LogP contribution in [0.3, 0.4) is 0 Å². The number of nitrogens with zero attached hydrogens (tertiary/aromatic N) is 3. The minimum Gasteiger partial charge on any atom is -0.310 e. The topological polar surface area (TPSA) is 21.1 Å². The third kappa shape index (κ3) is 3.24. The third-order valence-corrected chi connectivity index (χ3v) is 6.80. The predicted octanol–water partition coefficient (Wildman–Crippen LogP) is 8.07. The Hall–Kier alpha value is -4.63. The monoisotopic (exact) mass is 449 g/mol. The molecule has 1 aliphatic heterocycles. The smallest absolute Gasteiger partial charge is 0.145 e. The fourth-order valence-electron chi connectivity index (χ4n) is 5.19. The van der Waals surface area contributed by atoms with Gasteiger partial charge in [0.05, 0.1) is 11.0 Å². The van der Waals surface area contributed by atoms with Crippen LogP contribution in [0.5, 0.6) is 0 Å². The largest absolute Gasteiger partial charge is 0.310 e. The number of fused-ring (bicyclic) bond motifs is 3. The molecule has 0 amide bonds. The zero-order chi connectivity index (χ0) is 23.2. The Bertz CT molecular complexity index is 1620. The van der Waals surface area contributed by atoms with Gasteiger partial charge in [-0.25, -0.2) is 4.98 Å². The molecule has 0 fully saturated rings. The average molecular weight is 450 g/mol. The molecular weight excluding hydrogens is 426 g/mol. The second-order valence-electron chi connectivity index (χ2n) is 8.91. The van der Waals surface area contributed by atoms with Gasteiger partial charge in [-0.1, -0.05) is 66.7 Å². The van der Waals surface area contributed by atoms with Crippen molar-refractivity contribution in [2.45, 2.75) is 6.42 Å². The molecule has 3 nitrogen and oxygen atoms in total. The van der Waals surface area contributed by atoms with Crippen molar-refractivity contribution >= 4 is 28.1 Å². The maximum atomic E-state index is 5.02. The molecule has 35 heavy (non-hydrogen) atoms. The number of para-hydroxylation sites is 5. The van der Waals surface area contributed by atoms with Gasteiger partial charge in [0.2, 0.25) is 0 Å². The molecule has 5 aromatic carbocycles. The van der Waals surface area contributed by atoms with Crippen molar-refractivity contribution in [3.63, 3.8) is 0 Å². The normalized spacial score (nSPS) is 12.4. The lowest BCUT2D eigenvalue weighted by Crippen LogP contribution is -2.18. The van der Waals surface area contributed by atoms with Gasteiger partial charge >= 0.3 is 0 Å². The molecule has 0 radical (unpaired) electrons. The summed E-state index contributed by atoms with van der Waals surface area (Å²) in [5.41, 5.74) is 10.6. The van der Waals surface area contributed by atoms with Crippen LogP contribution in [0.1, 0.15) is 11.1 Å². The van der Waals surface area contributed by atoms with Crippen molar-refractivity contribution in [1.29, 1.82) is 0 Å². The maximum Gasteiger partial charge on any atom is 0.145 e. The van der Waals surface area contributed by atoms with Crippen molar-refractivity contribution in [2.75, 3.05) is 4.90 Å². The molecule has 0 saturated carbocycles. The van der Waals surface area contributed by atoms with Gasteiger partial charge in [0.1, 0.15) is 5.82 Å². The Kier molecular flexibility index (Phi) is 4.52. The first-order chi connectivity index (χ1) is 17.4. The van der Waals surface area contributed by atoms with Crippen LogP contribution in [0.15, 0.2) is 127 Å². The van der Waals surface area contributed by atoms with Crippen molar-refractivity contribution in [1.82, 2.24) is 9.55 Å². The highest BCUT2D eigenvalue weighted by Gasteiger charge is 2.23. The molecule has 1 aromatic heterocycles. The summed E-state index contributed by atoms with van der Waals surface area (Å²) in [5, 5.41) is 0. The Labute approximate surface area is 204 Å². The molecule has 0 N–H and O–H groups in total. The van der Waals surface area contributed by atoms with Gasteiger partial charge in [-0.15, -0.1) is 0 Å². The van der Waals surface area contributed by atoms with Crippen molar-refractivity contribution in [3.05, 3.63) is 139 Å². The van der Waals surface area contributed by atoms with Gasteiger partial charge in [-0.2, -0.15) is 0 Å². The molecule has 1 aliphatic rings.